The van der Waals surface area contributed by atoms with Gasteiger partial charge in [0.05, 0.1) is 17.7 Å². The van der Waals surface area contributed by atoms with E-state index in [1.54, 1.807) is 18.2 Å². The van der Waals surface area contributed by atoms with Gasteiger partial charge in [0.15, 0.2) is 11.6 Å². The van der Waals surface area contributed by atoms with E-state index in [2.05, 4.69) is 46.3 Å². The molecule has 0 atom stereocenters. The van der Waals surface area contributed by atoms with E-state index in [0.717, 1.165) is 43.0 Å². The van der Waals surface area contributed by atoms with Crippen LogP contribution in [0.2, 0.25) is 5.02 Å². The lowest BCUT2D eigenvalue weighted by atomic mass is 9.82. The maximum Gasteiger partial charge on any atom is 0.170 e. The molecule has 1 fully saturated rings. The molecule has 3 heterocycles. The number of nitrogens with zero attached hydrogens (tertiary/aromatic N) is 3. The van der Waals surface area contributed by atoms with E-state index in [1.807, 2.05) is 12.1 Å². The van der Waals surface area contributed by atoms with Crippen molar-refractivity contribution in [1.29, 1.82) is 0 Å². The maximum atomic E-state index is 12.7. The Morgan fingerprint density at radius 2 is 1.77 bits per heavy atom. The number of carbonyl (C=O) groups excluding carboxylic acids is 1. The molecule has 1 spiro atoms. The summed E-state index contributed by atoms with van der Waals surface area (Å²) in [6.45, 7) is 3.61. The third-order valence-electron chi connectivity index (χ3n) is 6.05. The van der Waals surface area contributed by atoms with Gasteiger partial charge >= 0.3 is 0 Å². The van der Waals surface area contributed by atoms with E-state index in [9.17, 15) is 4.79 Å². The van der Waals surface area contributed by atoms with Crippen LogP contribution >= 0.6 is 11.6 Å². The number of benzene rings is 2. The summed E-state index contributed by atoms with van der Waals surface area (Å²) in [6.07, 6.45) is 1.93. The third kappa shape index (κ3) is 3.54. The lowest BCUT2D eigenvalue weighted by molar-refractivity contribution is 0.0231. The average Bonchev–Trinajstić information content (AvgIpc) is 2.76. The first-order valence-electron chi connectivity index (χ1n) is 10.2. The number of hydrogen-bond acceptors (Lipinski definition) is 5. The second kappa shape index (κ2) is 7.40. The van der Waals surface area contributed by atoms with Gasteiger partial charge < -0.3 is 9.64 Å². The fraction of sp³-hybridized carbons (Fsp3) is 0.292. The number of aromatic nitrogens is 2. The topological polar surface area (TPSA) is 55.3 Å². The summed E-state index contributed by atoms with van der Waals surface area (Å²) in [4.78, 5) is 14.9. The number of aryl methyl sites for hydroxylation is 1. The van der Waals surface area contributed by atoms with Crippen molar-refractivity contribution in [3.63, 3.8) is 0 Å². The van der Waals surface area contributed by atoms with Crippen molar-refractivity contribution in [3.8, 4) is 17.0 Å². The molecule has 2 aromatic carbocycles. The Morgan fingerprint density at radius 3 is 2.47 bits per heavy atom. The SMILES string of the molecule is Cc1ccc(-c2ccc(N3CCC4(CC3)CC(=O)c3cc(Cl)ccc3O4)nn2)cc1. The Balaban J connectivity index is 1.29. The summed E-state index contributed by atoms with van der Waals surface area (Å²) >= 11 is 6.04. The van der Waals surface area contributed by atoms with E-state index in [4.69, 9.17) is 16.3 Å². The Morgan fingerprint density at radius 1 is 1.00 bits per heavy atom. The predicted molar refractivity (Wildman–Crippen MR) is 117 cm³/mol. The van der Waals surface area contributed by atoms with Crippen LogP contribution in [0.25, 0.3) is 11.3 Å². The van der Waals surface area contributed by atoms with Crippen LogP contribution in [0.1, 0.15) is 35.2 Å². The van der Waals surface area contributed by atoms with Crippen LogP contribution in [0.4, 0.5) is 5.82 Å². The zero-order valence-electron chi connectivity index (χ0n) is 16.8. The smallest absolute Gasteiger partial charge is 0.170 e. The highest BCUT2D eigenvalue weighted by atomic mass is 35.5. The summed E-state index contributed by atoms with van der Waals surface area (Å²) in [5.41, 5.74) is 3.30. The summed E-state index contributed by atoms with van der Waals surface area (Å²) < 4.78 is 6.31. The lowest BCUT2D eigenvalue weighted by Crippen LogP contribution is -2.51. The molecule has 152 valence electrons. The highest BCUT2D eigenvalue weighted by molar-refractivity contribution is 6.31. The number of fused-ring (bicyclic) bond motifs is 1. The van der Waals surface area contributed by atoms with Gasteiger partial charge in [-0.15, -0.1) is 10.2 Å². The molecule has 0 radical (unpaired) electrons. The van der Waals surface area contributed by atoms with E-state index in [0.29, 0.717) is 22.8 Å². The summed E-state index contributed by atoms with van der Waals surface area (Å²) in [5.74, 6) is 1.61. The van der Waals surface area contributed by atoms with Crippen molar-refractivity contribution in [3.05, 3.63) is 70.7 Å². The van der Waals surface area contributed by atoms with Crippen LogP contribution in [0.3, 0.4) is 0 Å². The van der Waals surface area contributed by atoms with Crippen LogP contribution in [0.5, 0.6) is 5.75 Å². The monoisotopic (exact) mass is 419 g/mol. The molecule has 5 rings (SSSR count). The van der Waals surface area contributed by atoms with Crippen LogP contribution in [-0.4, -0.2) is 34.7 Å². The first-order valence-corrected chi connectivity index (χ1v) is 10.6. The Labute approximate surface area is 180 Å². The van der Waals surface area contributed by atoms with Crippen LogP contribution in [0, 0.1) is 6.92 Å². The summed E-state index contributed by atoms with van der Waals surface area (Å²) in [6, 6.07) is 17.6. The second-order valence-electron chi connectivity index (χ2n) is 8.16. The normalized spacial score (nSPS) is 17.5. The van der Waals surface area contributed by atoms with E-state index >= 15 is 0 Å². The van der Waals surface area contributed by atoms with E-state index in [1.165, 1.54) is 5.56 Å². The van der Waals surface area contributed by atoms with Crippen molar-refractivity contribution in [1.82, 2.24) is 10.2 Å². The van der Waals surface area contributed by atoms with E-state index < -0.39 is 5.60 Å². The molecule has 6 heteroatoms. The van der Waals surface area contributed by atoms with Crippen molar-refractivity contribution in [2.24, 2.45) is 0 Å². The molecular formula is C24H22ClN3O2. The molecule has 0 unspecified atom stereocenters. The van der Waals surface area contributed by atoms with Gasteiger partial charge in [0.2, 0.25) is 0 Å². The number of Topliss-reactive ketones (excluding diaryl/α,β-unsaturated/α-hetero) is 1. The number of ether oxygens (including phenoxy) is 1. The van der Waals surface area contributed by atoms with Crippen molar-refractivity contribution in [2.75, 3.05) is 18.0 Å². The molecule has 30 heavy (non-hydrogen) atoms. The predicted octanol–water partition coefficient (Wildman–Crippen LogP) is 5.11. The van der Waals surface area contributed by atoms with Crippen LogP contribution < -0.4 is 9.64 Å². The molecule has 2 aliphatic heterocycles. The van der Waals surface area contributed by atoms with Crippen LogP contribution in [-0.2, 0) is 0 Å². The van der Waals surface area contributed by atoms with Gasteiger partial charge in [-0.05, 0) is 37.3 Å². The number of halogens is 1. The lowest BCUT2D eigenvalue weighted by Gasteiger charge is -2.44. The highest BCUT2D eigenvalue weighted by Gasteiger charge is 2.43. The summed E-state index contributed by atoms with van der Waals surface area (Å²) in [7, 11) is 0. The van der Waals surface area contributed by atoms with E-state index in [-0.39, 0.29) is 5.78 Å². The van der Waals surface area contributed by atoms with Crippen molar-refractivity contribution >= 4 is 23.2 Å². The third-order valence-corrected chi connectivity index (χ3v) is 6.28. The van der Waals surface area contributed by atoms with Crippen molar-refractivity contribution in [2.45, 2.75) is 31.8 Å². The number of piperidine rings is 1. The first-order chi connectivity index (χ1) is 14.5. The number of carbonyl (C=O) groups is 1. The Kier molecular flexibility index (Phi) is 4.70. The quantitative estimate of drug-likeness (QED) is 0.577. The molecule has 2 aliphatic rings. The van der Waals surface area contributed by atoms with Gasteiger partial charge in [-0.1, -0.05) is 41.4 Å². The Hall–Kier alpha value is -2.92. The van der Waals surface area contributed by atoms with Gasteiger partial charge in [-0.2, -0.15) is 0 Å². The van der Waals surface area contributed by atoms with Gasteiger partial charge in [0.25, 0.3) is 0 Å². The first kappa shape index (κ1) is 19.1. The zero-order chi connectivity index (χ0) is 20.7. The van der Waals surface area contributed by atoms with Gasteiger partial charge in [0.1, 0.15) is 11.4 Å². The molecule has 3 aromatic rings. The molecule has 0 aliphatic carbocycles. The average molecular weight is 420 g/mol. The molecular weight excluding hydrogens is 398 g/mol. The minimum Gasteiger partial charge on any atom is -0.486 e. The summed E-state index contributed by atoms with van der Waals surface area (Å²) in [5, 5.41) is 9.43. The fourth-order valence-electron chi connectivity index (χ4n) is 4.26. The minimum atomic E-state index is -0.441. The van der Waals surface area contributed by atoms with Gasteiger partial charge in [-0.25, -0.2) is 0 Å². The maximum absolute atomic E-state index is 12.7. The number of hydrogen-bond donors (Lipinski definition) is 0. The zero-order valence-corrected chi connectivity index (χ0v) is 17.5. The minimum absolute atomic E-state index is 0.106. The molecule has 5 nitrogen and oxygen atoms in total. The number of anilines is 1. The second-order valence-corrected chi connectivity index (χ2v) is 8.59. The molecule has 0 amide bonds. The van der Waals surface area contributed by atoms with Gasteiger partial charge in [-0.3, -0.25) is 4.79 Å². The molecule has 1 saturated heterocycles. The van der Waals surface area contributed by atoms with Crippen LogP contribution in [0.15, 0.2) is 54.6 Å². The highest BCUT2D eigenvalue weighted by Crippen LogP contribution is 2.40. The standard InChI is InChI=1S/C24H22ClN3O2/c1-16-2-4-17(5-3-16)20-7-9-23(27-26-20)28-12-10-24(11-13-28)15-21(29)19-14-18(25)6-8-22(19)30-24/h2-9,14H,10-13,15H2,1H3. The fourth-order valence-corrected chi connectivity index (χ4v) is 4.43. The number of ketones is 1. The molecule has 0 N–H and O–H groups in total. The molecule has 0 saturated carbocycles. The number of rotatable bonds is 2. The molecule has 1 aromatic heterocycles. The Bertz CT molecular complexity index is 1090. The van der Waals surface area contributed by atoms with Gasteiger partial charge in [0, 0.05) is 36.5 Å². The largest absolute Gasteiger partial charge is 0.486 e. The molecule has 0 bridgehead atoms. The van der Waals surface area contributed by atoms with Crippen molar-refractivity contribution < 1.29 is 9.53 Å².